The van der Waals surface area contributed by atoms with E-state index in [9.17, 15) is 29.1 Å². The van der Waals surface area contributed by atoms with E-state index < -0.39 is 40.0 Å². The zero-order valence-electron chi connectivity index (χ0n) is 33.5. The summed E-state index contributed by atoms with van der Waals surface area (Å²) in [5.74, 6) is -1.35. The van der Waals surface area contributed by atoms with Crippen LogP contribution in [0.2, 0.25) is 5.02 Å². The first-order valence-corrected chi connectivity index (χ1v) is 20.8. The van der Waals surface area contributed by atoms with E-state index >= 15 is 0 Å². The van der Waals surface area contributed by atoms with Gasteiger partial charge in [0.25, 0.3) is 5.91 Å². The molecule has 2 N–H and O–H groups in total. The lowest BCUT2D eigenvalue weighted by Crippen LogP contribution is -2.63. The minimum Gasteiger partial charge on any atom is -0.481 e. The first kappa shape index (κ1) is 39.2. The molecule has 0 aromatic heterocycles. The normalized spacial score (nSPS) is 36.3. The van der Waals surface area contributed by atoms with Crippen molar-refractivity contribution < 1.29 is 33.8 Å². The number of carboxylic acids is 1. The van der Waals surface area contributed by atoms with Crippen LogP contribution in [-0.2, 0) is 34.2 Å². The highest BCUT2D eigenvalue weighted by atomic mass is 35.5. The second kappa shape index (κ2) is 13.0. The molecule has 0 radical (unpaired) electrons. The maximum Gasteiger partial charge on any atom is 0.309 e. The number of hydrogen-bond donors (Lipinski definition) is 2. The molecule has 54 heavy (non-hydrogen) atoms. The Hall–Kier alpha value is -3.00. The number of fused-ring (bicyclic) bond motifs is 7. The Bertz CT molecular complexity index is 1810. The monoisotopic (exact) mass is 761 g/mol. The number of carboxylic acid groups (broad SMARTS) is 1. The van der Waals surface area contributed by atoms with Gasteiger partial charge in [0, 0.05) is 16.9 Å². The Morgan fingerprint density at radius 2 is 1.54 bits per heavy atom. The number of amides is 1. The zero-order valence-corrected chi connectivity index (χ0v) is 34.3. The molecule has 5 fully saturated rings. The Kier molecular flexibility index (Phi) is 9.47. The van der Waals surface area contributed by atoms with E-state index in [2.05, 4.69) is 46.9 Å². The number of ether oxygens (including phenoxy) is 1. The third-order valence-electron chi connectivity index (χ3n) is 16.1. The number of allylic oxidation sites excluding steroid dienone is 2. The molecule has 0 heterocycles. The van der Waals surface area contributed by atoms with Crippen LogP contribution in [0.15, 0.2) is 35.4 Å². The average molecular weight is 762 g/mol. The van der Waals surface area contributed by atoms with Gasteiger partial charge in [-0.05, 0) is 147 Å². The maximum absolute atomic E-state index is 14.7. The lowest BCUT2D eigenvalue weighted by molar-refractivity contribution is -0.213. The molecule has 8 atom stereocenters. The molecule has 1 aromatic carbocycles. The van der Waals surface area contributed by atoms with Crippen molar-refractivity contribution in [1.82, 2.24) is 5.32 Å². The summed E-state index contributed by atoms with van der Waals surface area (Å²) in [4.78, 5) is 67.6. The molecule has 9 heteroatoms. The number of nitrogens with one attached hydrogen (secondary N) is 1. The van der Waals surface area contributed by atoms with Gasteiger partial charge in [-0.25, -0.2) is 0 Å². The van der Waals surface area contributed by atoms with Crippen LogP contribution in [0.3, 0.4) is 0 Å². The summed E-state index contributed by atoms with van der Waals surface area (Å²) in [6.45, 7) is 16.6. The predicted molar refractivity (Wildman–Crippen MR) is 206 cm³/mol. The number of hydrogen-bond acceptors (Lipinski definition) is 6. The highest BCUT2D eigenvalue weighted by molar-refractivity contribution is 6.40. The van der Waals surface area contributed by atoms with Crippen LogP contribution in [-0.4, -0.2) is 40.6 Å². The molecule has 7 rings (SSSR count). The Labute approximate surface area is 326 Å². The quantitative estimate of drug-likeness (QED) is 0.190. The lowest BCUT2D eigenvalue weighted by Gasteiger charge is -2.68. The van der Waals surface area contributed by atoms with E-state index in [0.29, 0.717) is 29.2 Å². The summed E-state index contributed by atoms with van der Waals surface area (Å²) < 4.78 is 6.13. The minimum absolute atomic E-state index is 0.00980. The number of ketones is 2. The van der Waals surface area contributed by atoms with Crippen LogP contribution in [0.4, 0.5) is 0 Å². The molecule has 8 nitrogen and oxygen atoms in total. The molecule has 0 bridgehead atoms. The van der Waals surface area contributed by atoms with Gasteiger partial charge in [0.05, 0.1) is 22.8 Å². The van der Waals surface area contributed by atoms with Gasteiger partial charge in [-0.2, -0.15) is 0 Å². The van der Waals surface area contributed by atoms with Crippen molar-refractivity contribution in [2.75, 3.05) is 0 Å². The average Bonchev–Trinajstić information content (AvgIpc) is 3.78. The molecule has 1 aromatic rings. The molecule has 0 aliphatic heterocycles. The van der Waals surface area contributed by atoms with Crippen LogP contribution in [0.1, 0.15) is 138 Å². The van der Waals surface area contributed by atoms with Crippen molar-refractivity contribution in [2.45, 2.75) is 144 Å². The van der Waals surface area contributed by atoms with E-state index in [0.717, 1.165) is 74.5 Å². The van der Waals surface area contributed by atoms with Gasteiger partial charge in [-0.15, -0.1) is 0 Å². The molecule has 8 unspecified atom stereocenters. The second-order valence-electron chi connectivity index (χ2n) is 20.2. The van der Waals surface area contributed by atoms with Crippen molar-refractivity contribution >= 4 is 41.0 Å². The number of Topliss-reactive ketones (excluding diaryl/α,β-unsaturated/α-hetero) is 2. The second-order valence-corrected chi connectivity index (χ2v) is 20.7. The van der Waals surface area contributed by atoms with Crippen LogP contribution in [0.5, 0.6) is 0 Å². The van der Waals surface area contributed by atoms with Crippen LogP contribution in [0, 0.1) is 56.7 Å². The van der Waals surface area contributed by atoms with Crippen molar-refractivity contribution in [3.63, 3.8) is 0 Å². The molecule has 294 valence electrons. The number of aliphatic carboxylic acids is 1. The number of carbonyl (C=O) groups excluding carboxylic acids is 4. The maximum atomic E-state index is 14.7. The summed E-state index contributed by atoms with van der Waals surface area (Å²) in [7, 11) is 0. The summed E-state index contributed by atoms with van der Waals surface area (Å²) in [6.07, 6.45) is 8.03. The third kappa shape index (κ3) is 5.93. The molecular weight excluding hydrogens is 702 g/mol. The van der Waals surface area contributed by atoms with E-state index in [1.165, 1.54) is 0 Å². The SMILES string of the molecule is CC(C)C1=C2C3CCC4C(C)(CCC5C(C)(C)C(OC(=O)CC(C)(C)C(=O)O)CCC54C)C3CCC2(C(=O)C(=O)NC2(c3ccc(Cl)cc3)CC2)CC1=O. The molecule has 0 saturated heterocycles. The Morgan fingerprint density at radius 1 is 0.889 bits per heavy atom. The van der Waals surface area contributed by atoms with Crippen LogP contribution < -0.4 is 5.32 Å². The molecule has 6 aliphatic rings. The fourth-order valence-electron chi connectivity index (χ4n) is 13.3. The topological polar surface area (TPSA) is 127 Å². The minimum atomic E-state index is -1.19. The number of rotatable bonds is 9. The highest BCUT2D eigenvalue weighted by Crippen LogP contribution is 2.73. The smallest absolute Gasteiger partial charge is 0.309 e. The summed E-state index contributed by atoms with van der Waals surface area (Å²) in [5, 5.41) is 13.4. The summed E-state index contributed by atoms with van der Waals surface area (Å²) in [5.41, 5.74) is -0.397. The number of halogens is 1. The van der Waals surface area contributed by atoms with Crippen molar-refractivity contribution in [2.24, 2.45) is 56.7 Å². The largest absolute Gasteiger partial charge is 0.481 e. The van der Waals surface area contributed by atoms with E-state index in [1.807, 2.05) is 24.3 Å². The Balaban J connectivity index is 1.14. The van der Waals surface area contributed by atoms with Crippen LogP contribution in [0.25, 0.3) is 0 Å². The van der Waals surface area contributed by atoms with Gasteiger partial charge < -0.3 is 15.2 Å². The van der Waals surface area contributed by atoms with Crippen molar-refractivity contribution in [3.05, 3.63) is 46.0 Å². The molecule has 1 amide bonds. The van der Waals surface area contributed by atoms with Gasteiger partial charge >= 0.3 is 11.9 Å². The number of benzene rings is 1. The van der Waals surface area contributed by atoms with Crippen molar-refractivity contribution in [1.29, 1.82) is 0 Å². The zero-order chi connectivity index (χ0) is 39.4. The van der Waals surface area contributed by atoms with E-state index in [4.69, 9.17) is 16.3 Å². The fourth-order valence-corrected chi connectivity index (χ4v) is 13.4. The predicted octanol–water partition coefficient (Wildman–Crippen LogP) is 9.02. The number of esters is 1. The Morgan fingerprint density at radius 3 is 2.15 bits per heavy atom. The van der Waals surface area contributed by atoms with E-state index in [-0.39, 0.29) is 52.8 Å². The summed E-state index contributed by atoms with van der Waals surface area (Å²) >= 11 is 6.15. The molecule has 0 spiro atoms. The standard InChI is InChI=1S/C45H60ClNO7/c1-25(2)35-30(48)23-44(37(50)38(51)47-45(21-22-45)26-9-11-27(46)12-10-26)20-15-29-28(36(35)44)13-14-32-42(29,7)18-16-31-41(5,6)33(17-19-43(31,32)8)54-34(49)24-40(3,4)39(52)53/h9-12,25,28-29,31-33H,13-24H2,1-8H3,(H,47,51)(H,52,53). The van der Waals surface area contributed by atoms with Gasteiger partial charge in [-0.1, -0.05) is 65.3 Å². The van der Waals surface area contributed by atoms with Crippen molar-refractivity contribution in [3.8, 4) is 0 Å². The third-order valence-corrected chi connectivity index (χ3v) is 16.4. The molecule has 5 saturated carbocycles. The number of carbonyl (C=O) groups is 5. The lowest BCUT2D eigenvalue weighted by atomic mass is 9.36. The highest BCUT2D eigenvalue weighted by Gasteiger charge is 2.68. The first-order valence-electron chi connectivity index (χ1n) is 20.5. The fraction of sp³-hybridized carbons (Fsp3) is 0.711. The van der Waals surface area contributed by atoms with E-state index in [1.54, 1.807) is 13.8 Å². The first-order chi connectivity index (χ1) is 25.1. The summed E-state index contributed by atoms with van der Waals surface area (Å²) in [6, 6.07) is 7.47. The van der Waals surface area contributed by atoms with Gasteiger partial charge in [0.1, 0.15) is 6.10 Å². The van der Waals surface area contributed by atoms with Crippen LogP contribution >= 0.6 is 11.6 Å². The molecule has 6 aliphatic carbocycles. The van der Waals surface area contributed by atoms with Gasteiger partial charge in [-0.3, -0.25) is 24.0 Å². The van der Waals surface area contributed by atoms with Gasteiger partial charge in [0.2, 0.25) is 5.78 Å². The van der Waals surface area contributed by atoms with Gasteiger partial charge in [0.15, 0.2) is 5.78 Å². The molecular formula is C45H60ClNO7.